The zero-order chi connectivity index (χ0) is 25.8. The monoisotopic (exact) mass is 473 g/mol. The highest BCUT2D eigenvalue weighted by Gasteiger charge is 2.28. The molecule has 0 aromatic heterocycles. The molecule has 0 amide bonds. The predicted octanol–water partition coefficient (Wildman–Crippen LogP) is 7.34. The maximum absolute atomic E-state index is 10.5. The molecule has 188 valence electrons. The van der Waals surface area contributed by atoms with Crippen molar-refractivity contribution >= 4 is 22.9 Å². The van der Waals surface area contributed by atoms with Gasteiger partial charge in [-0.2, -0.15) is 0 Å². The van der Waals surface area contributed by atoms with E-state index in [9.17, 15) is 5.11 Å². The number of aliphatic hydroxyl groups is 1. The average molecular weight is 474 g/mol. The molecule has 3 nitrogen and oxygen atoms in total. The van der Waals surface area contributed by atoms with Gasteiger partial charge in [-0.15, -0.1) is 0 Å². The lowest BCUT2D eigenvalue weighted by Crippen LogP contribution is -2.35. The standard InChI is InChI=1S/C32H43NO2/c1-22(2)33-20-27(34)21-35-30-28(31(3,4)5)18-24(19-29(30)32(6,7)8)14-13-23-15-16-25-11-9-10-12-26(25)17-23/h9-19,22,27,33-34H,20-21H2,1-8H3/b14-13+. The van der Waals surface area contributed by atoms with Crippen molar-refractivity contribution in [1.29, 1.82) is 0 Å². The molecule has 0 aliphatic rings. The first-order chi connectivity index (χ1) is 16.3. The van der Waals surface area contributed by atoms with Gasteiger partial charge >= 0.3 is 0 Å². The van der Waals surface area contributed by atoms with Crippen LogP contribution in [0.3, 0.4) is 0 Å². The van der Waals surface area contributed by atoms with Crippen LogP contribution in [0.15, 0.2) is 54.6 Å². The Morgan fingerprint density at radius 2 is 1.37 bits per heavy atom. The summed E-state index contributed by atoms with van der Waals surface area (Å²) in [7, 11) is 0. The van der Waals surface area contributed by atoms with Crippen LogP contribution >= 0.6 is 0 Å². The molecule has 2 N–H and O–H groups in total. The van der Waals surface area contributed by atoms with Gasteiger partial charge in [-0.3, -0.25) is 0 Å². The second-order valence-corrected chi connectivity index (χ2v) is 11.9. The third kappa shape index (κ3) is 7.43. The van der Waals surface area contributed by atoms with Gasteiger partial charge in [0, 0.05) is 23.7 Å². The van der Waals surface area contributed by atoms with Crippen molar-refractivity contribution in [2.24, 2.45) is 0 Å². The number of nitrogens with one attached hydrogen (secondary N) is 1. The Labute approximate surface area is 212 Å². The van der Waals surface area contributed by atoms with Gasteiger partial charge in [-0.25, -0.2) is 0 Å². The molecule has 35 heavy (non-hydrogen) atoms. The molecule has 0 bridgehead atoms. The van der Waals surface area contributed by atoms with E-state index in [4.69, 9.17) is 4.74 Å². The van der Waals surface area contributed by atoms with Crippen molar-refractivity contribution < 1.29 is 9.84 Å². The van der Waals surface area contributed by atoms with Gasteiger partial charge < -0.3 is 15.2 Å². The molecular formula is C32H43NO2. The molecule has 0 fully saturated rings. The van der Waals surface area contributed by atoms with E-state index in [1.807, 2.05) is 0 Å². The number of hydrogen-bond acceptors (Lipinski definition) is 3. The lowest BCUT2D eigenvalue weighted by atomic mass is 9.78. The van der Waals surface area contributed by atoms with E-state index in [1.165, 1.54) is 16.3 Å². The largest absolute Gasteiger partial charge is 0.490 e. The highest BCUT2D eigenvalue weighted by molar-refractivity contribution is 5.86. The molecule has 0 saturated heterocycles. The number of rotatable bonds is 8. The van der Waals surface area contributed by atoms with E-state index in [2.05, 4.69) is 127 Å². The average Bonchev–Trinajstić information content (AvgIpc) is 2.78. The summed E-state index contributed by atoms with van der Waals surface area (Å²) in [6.45, 7) is 18.2. The fourth-order valence-electron chi connectivity index (χ4n) is 4.13. The molecule has 3 rings (SSSR count). The lowest BCUT2D eigenvalue weighted by Gasteiger charge is -2.31. The number of ether oxygens (including phenoxy) is 1. The lowest BCUT2D eigenvalue weighted by molar-refractivity contribution is 0.102. The summed E-state index contributed by atoms with van der Waals surface area (Å²) >= 11 is 0. The molecule has 1 atom stereocenters. The third-order valence-corrected chi connectivity index (χ3v) is 6.15. The normalized spacial score (nSPS) is 13.7. The first-order valence-corrected chi connectivity index (χ1v) is 12.7. The van der Waals surface area contributed by atoms with Crippen LogP contribution in [0, 0.1) is 0 Å². The molecule has 0 aliphatic carbocycles. The molecule has 1 unspecified atom stereocenters. The summed E-state index contributed by atoms with van der Waals surface area (Å²) < 4.78 is 6.37. The maximum atomic E-state index is 10.5. The summed E-state index contributed by atoms with van der Waals surface area (Å²) in [6, 6.07) is 19.8. The molecule has 3 aromatic rings. The maximum Gasteiger partial charge on any atom is 0.126 e. The molecule has 0 radical (unpaired) electrons. The van der Waals surface area contributed by atoms with E-state index in [-0.39, 0.29) is 17.4 Å². The minimum atomic E-state index is -0.564. The molecule has 3 heteroatoms. The Balaban J connectivity index is 1.97. The van der Waals surface area contributed by atoms with Gasteiger partial charge in [-0.05, 0) is 50.9 Å². The first-order valence-electron chi connectivity index (χ1n) is 12.7. The zero-order valence-electron chi connectivity index (χ0n) is 22.8. The van der Waals surface area contributed by atoms with Crippen molar-refractivity contribution in [2.75, 3.05) is 13.2 Å². The van der Waals surface area contributed by atoms with Crippen LogP contribution in [0.1, 0.15) is 77.6 Å². The topological polar surface area (TPSA) is 41.5 Å². The Hall–Kier alpha value is -2.62. The van der Waals surface area contributed by atoms with Crippen LogP contribution < -0.4 is 10.1 Å². The fourth-order valence-corrected chi connectivity index (χ4v) is 4.13. The summed E-state index contributed by atoms with van der Waals surface area (Å²) in [6.07, 6.45) is 3.81. The number of hydrogen-bond donors (Lipinski definition) is 2. The molecule has 0 aliphatic heterocycles. The quantitative estimate of drug-likeness (QED) is 0.336. The minimum Gasteiger partial charge on any atom is -0.490 e. The van der Waals surface area contributed by atoms with Gasteiger partial charge in [0.05, 0.1) is 0 Å². The number of fused-ring (bicyclic) bond motifs is 1. The van der Waals surface area contributed by atoms with Crippen LogP contribution in [0.25, 0.3) is 22.9 Å². The molecule has 0 spiro atoms. The molecule has 3 aromatic carbocycles. The summed E-state index contributed by atoms with van der Waals surface area (Å²) in [5, 5.41) is 16.3. The van der Waals surface area contributed by atoms with E-state index in [1.54, 1.807) is 0 Å². The van der Waals surface area contributed by atoms with Crippen LogP contribution in [0.5, 0.6) is 5.75 Å². The van der Waals surface area contributed by atoms with Crippen molar-refractivity contribution in [2.45, 2.75) is 78.4 Å². The van der Waals surface area contributed by atoms with E-state index in [0.29, 0.717) is 12.6 Å². The third-order valence-electron chi connectivity index (χ3n) is 6.15. The Bertz CT molecular complexity index is 1130. The van der Waals surface area contributed by atoms with Crippen molar-refractivity contribution in [3.05, 3.63) is 76.9 Å². The number of aliphatic hydroxyl groups excluding tert-OH is 1. The molecular weight excluding hydrogens is 430 g/mol. The minimum absolute atomic E-state index is 0.108. The predicted molar refractivity (Wildman–Crippen MR) is 151 cm³/mol. The summed E-state index contributed by atoms with van der Waals surface area (Å²) in [5.74, 6) is 0.899. The Morgan fingerprint density at radius 3 is 1.94 bits per heavy atom. The van der Waals surface area contributed by atoms with Gasteiger partial charge in [0.2, 0.25) is 0 Å². The van der Waals surface area contributed by atoms with E-state index < -0.39 is 6.10 Å². The second kappa shape index (κ2) is 11.0. The summed E-state index contributed by atoms with van der Waals surface area (Å²) in [4.78, 5) is 0. The fraction of sp³-hybridized carbons (Fsp3) is 0.438. The summed E-state index contributed by atoms with van der Waals surface area (Å²) in [5.41, 5.74) is 4.44. The highest BCUT2D eigenvalue weighted by Crippen LogP contribution is 2.41. The van der Waals surface area contributed by atoms with Gasteiger partial charge in [0.15, 0.2) is 0 Å². The first kappa shape index (κ1) is 27.0. The van der Waals surface area contributed by atoms with E-state index >= 15 is 0 Å². The van der Waals surface area contributed by atoms with Crippen molar-refractivity contribution in [1.82, 2.24) is 5.32 Å². The highest BCUT2D eigenvalue weighted by atomic mass is 16.5. The molecule has 0 saturated carbocycles. The van der Waals surface area contributed by atoms with Crippen molar-refractivity contribution in [3.8, 4) is 5.75 Å². The van der Waals surface area contributed by atoms with Gasteiger partial charge in [0.1, 0.15) is 18.5 Å². The van der Waals surface area contributed by atoms with Crippen molar-refractivity contribution in [3.63, 3.8) is 0 Å². The zero-order valence-corrected chi connectivity index (χ0v) is 22.8. The van der Waals surface area contributed by atoms with E-state index in [0.717, 1.165) is 22.4 Å². The smallest absolute Gasteiger partial charge is 0.126 e. The molecule has 0 heterocycles. The Morgan fingerprint density at radius 1 is 0.800 bits per heavy atom. The number of benzene rings is 3. The van der Waals surface area contributed by atoms with Crippen LogP contribution in [0.2, 0.25) is 0 Å². The van der Waals surface area contributed by atoms with Crippen LogP contribution in [-0.2, 0) is 10.8 Å². The van der Waals surface area contributed by atoms with Gasteiger partial charge in [0.25, 0.3) is 0 Å². The SMILES string of the molecule is CC(C)NCC(O)COc1c(C(C)(C)C)cc(/C=C/c2ccc3ccccc3c2)cc1C(C)(C)C. The van der Waals surface area contributed by atoms with Gasteiger partial charge in [-0.1, -0.05) is 104 Å². The second-order valence-electron chi connectivity index (χ2n) is 11.9. The van der Waals surface area contributed by atoms with Crippen LogP contribution in [-0.4, -0.2) is 30.4 Å². The van der Waals surface area contributed by atoms with Crippen LogP contribution in [0.4, 0.5) is 0 Å². The Kier molecular flexibility index (Phi) is 8.46.